The molecule has 0 aromatic carbocycles. The predicted octanol–water partition coefficient (Wildman–Crippen LogP) is 2.92. The van der Waals surface area contributed by atoms with Crippen molar-refractivity contribution in [2.45, 2.75) is 51.1 Å². The molecule has 1 aliphatic carbocycles. The maximum absolute atomic E-state index is 11.4. The van der Waals surface area contributed by atoms with Gasteiger partial charge in [0.25, 0.3) is 0 Å². The van der Waals surface area contributed by atoms with Crippen LogP contribution in [0.2, 0.25) is 0 Å². The summed E-state index contributed by atoms with van der Waals surface area (Å²) in [4.78, 5) is 32.4. The zero-order valence-electron chi connectivity index (χ0n) is 17.0. The highest BCUT2D eigenvalue weighted by atomic mass is 16.1. The van der Waals surface area contributed by atoms with Gasteiger partial charge in [0.05, 0.1) is 0 Å². The fraction of sp³-hybridized carbons (Fsp3) is 0.381. The first-order chi connectivity index (χ1) is 14.5. The van der Waals surface area contributed by atoms with Gasteiger partial charge in [0.2, 0.25) is 17.6 Å². The highest BCUT2D eigenvalue weighted by Crippen LogP contribution is 2.30. The Balaban J connectivity index is 1.32. The van der Waals surface area contributed by atoms with Crippen LogP contribution in [-0.2, 0) is 4.79 Å². The summed E-state index contributed by atoms with van der Waals surface area (Å²) in [6.45, 7) is 3.69. The normalized spacial score (nSPS) is 21.7. The van der Waals surface area contributed by atoms with E-state index in [9.17, 15) is 4.79 Å². The molecular formula is C21H24N8O. The number of H-pyrrole nitrogens is 1. The molecule has 4 heterocycles. The molecule has 0 saturated heterocycles. The number of nitrogens with one attached hydrogen (secondary N) is 3. The van der Waals surface area contributed by atoms with Crippen LogP contribution in [0.5, 0.6) is 0 Å². The van der Waals surface area contributed by atoms with Gasteiger partial charge in [-0.1, -0.05) is 0 Å². The summed E-state index contributed by atoms with van der Waals surface area (Å²) in [5, 5.41) is 7.48. The lowest BCUT2D eigenvalue weighted by Crippen LogP contribution is -2.49. The first-order valence-corrected chi connectivity index (χ1v) is 10.2. The molecule has 4 aromatic rings. The molecule has 30 heavy (non-hydrogen) atoms. The van der Waals surface area contributed by atoms with E-state index in [1.165, 1.54) is 0 Å². The van der Waals surface area contributed by atoms with E-state index in [4.69, 9.17) is 0 Å². The van der Waals surface area contributed by atoms with Gasteiger partial charge in [-0.3, -0.25) is 9.20 Å². The summed E-state index contributed by atoms with van der Waals surface area (Å²) >= 11 is 0. The van der Waals surface area contributed by atoms with Crippen LogP contribution in [0.3, 0.4) is 0 Å². The molecule has 9 heteroatoms. The molecular weight excluding hydrogens is 380 g/mol. The minimum absolute atomic E-state index is 0.0302. The number of carbonyl (C=O) groups is 1. The molecule has 0 spiro atoms. The third-order valence-electron chi connectivity index (χ3n) is 5.89. The Bertz CT molecular complexity index is 1220. The monoisotopic (exact) mass is 404 g/mol. The quantitative estimate of drug-likeness (QED) is 0.482. The van der Waals surface area contributed by atoms with E-state index in [-0.39, 0.29) is 11.4 Å². The molecule has 4 aromatic heterocycles. The standard InChI is InChI=1S/C21H24N8O/c1-13(30)28-21(2)5-3-15(4-6-21)26-19-24-11-17-16(10-23-18(17)27-19)14-9-25-20-22-7-8-29(20)12-14/h7-12,15H,3-6H2,1-2H3,(H,28,30)(H2,23,24,26,27). The first-order valence-electron chi connectivity index (χ1n) is 10.2. The van der Waals surface area contributed by atoms with Gasteiger partial charge >= 0.3 is 0 Å². The lowest BCUT2D eigenvalue weighted by Gasteiger charge is -2.38. The number of hydrogen-bond acceptors (Lipinski definition) is 6. The van der Waals surface area contributed by atoms with Crippen LogP contribution >= 0.6 is 0 Å². The van der Waals surface area contributed by atoms with Crippen LogP contribution in [0.15, 0.2) is 37.2 Å². The fourth-order valence-corrected chi connectivity index (χ4v) is 4.30. The molecule has 0 aliphatic heterocycles. The van der Waals surface area contributed by atoms with Crippen LogP contribution in [0.1, 0.15) is 39.5 Å². The number of fused-ring (bicyclic) bond motifs is 2. The van der Waals surface area contributed by atoms with Crippen molar-refractivity contribution in [2.75, 3.05) is 5.32 Å². The number of amides is 1. The van der Waals surface area contributed by atoms with E-state index < -0.39 is 0 Å². The van der Waals surface area contributed by atoms with Crippen molar-refractivity contribution in [2.24, 2.45) is 0 Å². The Labute approximate surface area is 173 Å². The third kappa shape index (κ3) is 3.47. The number of anilines is 1. The first kappa shape index (κ1) is 18.5. The van der Waals surface area contributed by atoms with Crippen molar-refractivity contribution in [3.63, 3.8) is 0 Å². The maximum atomic E-state index is 11.4. The molecule has 1 aliphatic rings. The smallest absolute Gasteiger partial charge is 0.233 e. The summed E-state index contributed by atoms with van der Waals surface area (Å²) < 4.78 is 1.89. The van der Waals surface area contributed by atoms with E-state index in [1.807, 2.05) is 35.4 Å². The summed E-state index contributed by atoms with van der Waals surface area (Å²) in [5.41, 5.74) is 2.64. The van der Waals surface area contributed by atoms with E-state index in [2.05, 4.69) is 42.5 Å². The van der Waals surface area contributed by atoms with Gasteiger partial charge in [-0.25, -0.2) is 15.0 Å². The maximum Gasteiger partial charge on any atom is 0.233 e. The number of nitrogens with zero attached hydrogens (tertiary/aromatic N) is 5. The van der Waals surface area contributed by atoms with Gasteiger partial charge in [0.15, 0.2) is 0 Å². The van der Waals surface area contributed by atoms with Crippen LogP contribution in [0.25, 0.3) is 27.9 Å². The van der Waals surface area contributed by atoms with Crippen LogP contribution in [0.4, 0.5) is 5.95 Å². The molecule has 154 valence electrons. The summed E-state index contributed by atoms with van der Waals surface area (Å²) in [7, 11) is 0. The molecule has 1 amide bonds. The lowest BCUT2D eigenvalue weighted by atomic mass is 9.81. The van der Waals surface area contributed by atoms with Gasteiger partial charge in [-0.15, -0.1) is 0 Å². The fourth-order valence-electron chi connectivity index (χ4n) is 4.30. The van der Waals surface area contributed by atoms with Crippen molar-refractivity contribution in [3.05, 3.63) is 37.2 Å². The minimum atomic E-state index is -0.118. The molecule has 5 rings (SSSR count). The molecule has 0 bridgehead atoms. The van der Waals surface area contributed by atoms with Crippen molar-refractivity contribution in [1.82, 2.24) is 34.6 Å². The lowest BCUT2D eigenvalue weighted by molar-refractivity contribution is -0.121. The van der Waals surface area contributed by atoms with Gasteiger partial charge < -0.3 is 15.6 Å². The van der Waals surface area contributed by atoms with Crippen molar-refractivity contribution >= 4 is 28.7 Å². The Morgan fingerprint density at radius 1 is 1.23 bits per heavy atom. The summed E-state index contributed by atoms with van der Waals surface area (Å²) in [5.74, 6) is 1.32. The van der Waals surface area contributed by atoms with Crippen molar-refractivity contribution < 1.29 is 4.79 Å². The van der Waals surface area contributed by atoms with Crippen LogP contribution in [-0.4, -0.2) is 46.8 Å². The van der Waals surface area contributed by atoms with Gasteiger partial charge in [0.1, 0.15) is 5.65 Å². The van der Waals surface area contributed by atoms with Gasteiger partial charge in [-0.2, -0.15) is 4.98 Å². The second-order valence-corrected chi connectivity index (χ2v) is 8.30. The Kier molecular flexibility index (Phi) is 4.38. The van der Waals surface area contributed by atoms with Crippen LogP contribution in [0, 0.1) is 0 Å². The molecule has 9 nitrogen and oxygen atoms in total. The number of carbonyl (C=O) groups excluding carboxylic acids is 1. The average molecular weight is 404 g/mol. The van der Waals surface area contributed by atoms with Gasteiger partial charge in [0, 0.05) is 72.2 Å². The third-order valence-corrected chi connectivity index (χ3v) is 5.89. The average Bonchev–Trinajstić information content (AvgIpc) is 3.35. The van der Waals surface area contributed by atoms with E-state index >= 15 is 0 Å². The molecule has 0 radical (unpaired) electrons. The zero-order valence-corrected chi connectivity index (χ0v) is 17.0. The van der Waals surface area contributed by atoms with E-state index in [0.29, 0.717) is 17.8 Å². The molecule has 1 fully saturated rings. The number of imidazole rings is 1. The second-order valence-electron chi connectivity index (χ2n) is 8.30. The van der Waals surface area contributed by atoms with E-state index in [1.54, 1.807) is 13.1 Å². The zero-order chi connectivity index (χ0) is 20.7. The van der Waals surface area contributed by atoms with Crippen molar-refractivity contribution in [3.8, 4) is 11.1 Å². The van der Waals surface area contributed by atoms with Crippen LogP contribution < -0.4 is 10.6 Å². The topological polar surface area (TPSA) is 113 Å². The number of aromatic nitrogens is 6. The second kappa shape index (κ2) is 7.08. The van der Waals surface area contributed by atoms with E-state index in [0.717, 1.165) is 47.8 Å². The Morgan fingerprint density at radius 2 is 2.07 bits per heavy atom. The number of hydrogen-bond donors (Lipinski definition) is 3. The molecule has 1 saturated carbocycles. The molecule has 3 N–H and O–H groups in total. The highest BCUT2D eigenvalue weighted by Gasteiger charge is 2.31. The summed E-state index contributed by atoms with van der Waals surface area (Å²) in [6, 6.07) is 0.298. The number of aromatic amines is 1. The highest BCUT2D eigenvalue weighted by molar-refractivity contribution is 5.93. The minimum Gasteiger partial charge on any atom is -0.351 e. The predicted molar refractivity (Wildman–Crippen MR) is 114 cm³/mol. The number of rotatable bonds is 4. The van der Waals surface area contributed by atoms with Crippen molar-refractivity contribution in [1.29, 1.82) is 0 Å². The molecule has 0 atom stereocenters. The SMILES string of the molecule is CC(=O)NC1(C)CCC(Nc2ncc3c(-c4cnc5nccn5c4)c[nH]c3n2)CC1. The Morgan fingerprint density at radius 3 is 2.87 bits per heavy atom. The van der Waals surface area contributed by atoms with Gasteiger partial charge in [-0.05, 0) is 32.6 Å². The molecule has 0 unspecified atom stereocenters. The Hall–Kier alpha value is -3.49. The largest absolute Gasteiger partial charge is 0.351 e. The summed E-state index contributed by atoms with van der Waals surface area (Å²) in [6.07, 6.45) is 15.0.